The lowest BCUT2D eigenvalue weighted by Crippen LogP contribution is -2.16. The topological polar surface area (TPSA) is 129 Å². The molecule has 0 radical (unpaired) electrons. The van der Waals surface area contributed by atoms with E-state index in [-0.39, 0.29) is 31.1 Å². The summed E-state index contributed by atoms with van der Waals surface area (Å²) in [5.74, 6) is -1.11. The Morgan fingerprint density at radius 3 is 1.50 bits per heavy atom. The maximum Gasteiger partial charge on any atom is 0.416 e. The van der Waals surface area contributed by atoms with Gasteiger partial charge >= 0.3 is 18.1 Å². The average molecular weight is 688 g/mol. The van der Waals surface area contributed by atoms with Gasteiger partial charge < -0.3 is 47.9 Å². The molecule has 2 rings (SSSR count). The summed E-state index contributed by atoms with van der Waals surface area (Å²) >= 11 is 0. The van der Waals surface area contributed by atoms with E-state index in [1.165, 1.54) is 18.2 Å². The molecular formula is C33H44F3NO11. The third-order valence-electron chi connectivity index (χ3n) is 5.95. The highest BCUT2D eigenvalue weighted by atomic mass is 19.4. The Balaban J connectivity index is 1.36. The van der Waals surface area contributed by atoms with Crippen LogP contribution in [0.1, 0.15) is 15.9 Å². The van der Waals surface area contributed by atoms with Crippen molar-refractivity contribution in [2.24, 2.45) is 0 Å². The zero-order chi connectivity index (χ0) is 34.7. The Morgan fingerprint density at radius 2 is 1.04 bits per heavy atom. The van der Waals surface area contributed by atoms with E-state index >= 15 is 0 Å². The van der Waals surface area contributed by atoms with E-state index in [1.807, 2.05) is 0 Å². The van der Waals surface area contributed by atoms with Crippen molar-refractivity contribution in [3.8, 4) is 0 Å². The molecule has 0 aliphatic rings. The van der Waals surface area contributed by atoms with E-state index in [1.54, 1.807) is 18.2 Å². The van der Waals surface area contributed by atoms with Crippen molar-refractivity contribution in [1.82, 2.24) is 0 Å². The first-order valence-corrected chi connectivity index (χ1v) is 15.3. The first-order chi connectivity index (χ1) is 23.3. The molecule has 15 heteroatoms. The third-order valence-corrected chi connectivity index (χ3v) is 5.95. The van der Waals surface area contributed by atoms with E-state index in [4.69, 9.17) is 42.6 Å². The first kappa shape index (κ1) is 40.6. The fourth-order valence-electron chi connectivity index (χ4n) is 3.65. The Morgan fingerprint density at radius 1 is 0.604 bits per heavy atom. The number of carbonyl (C=O) groups is 2. The van der Waals surface area contributed by atoms with Crippen molar-refractivity contribution < 1.29 is 65.4 Å². The largest absolute Gasteiger partial charge is 0.460 e. The van der Waals surface area contributed by atoms with Gasteiger partial charge in [-0.05, 0) is 30.3 Å². The van der Waals surface area contributed by atoms with Gasteiger partial charge in [-0.15, -0.1) is 0 Å². The zero-order valence-electron chi connectivity index (χ0n) is 26.8. The molecule has 0 aliphatic heterocycles. The normalized spacial score (nSPS) is 11.3. The SMILES string of the molecule is C=CC(=O)OCCOCCOCCOCCOCCOCCOCCOCCOC(=O)c1ccccc1Nc1cccc(C(F)(F)F)c1. The van der Waals surface area contributed by atoms with Crippen LogP contribution >= 0.6 is 0 Å². The summed E-state index contributed by atoms with van der Waals surface area (Å²) in [5, 5.41) is 2.85. The molecule has 0 fully saturated rings. The lowest BCUT2D eigenvalue weighted by molar-refractivity contribution is -0.139. The molecule has 0 saturated carbocycles. The summed E-state index contributed by atoms with van der Waals surface area (Å²) in [4.78, 5) is 23.4. The summed E-state index contributed by atoms with van der Waals surface area (Å²) < 4.78 is 86.8. The van der Waals surface area contributed by atoms with Crippen LogP contribution in [0, 0.1) is 0 Å². The van der Waals surface area contributed by atoms with Crippen LogP contribution in [-0.2, 0) is 53.6 Å². The van der Waals surface area contributed by atoms with Gasteiger partial charge in [0.15, 0.2) is 0 Å². The summed E-state index contributed by atoms with van der Waals surface area (Å²) in [7, 11) is 0. The maximum atomic E-state index is 13.0. The minimum Gasteiger partial charge on any atom is -0.460 e. The van der Waals surface area contributed by atoms with Crippen LogP contribution in [0.15, 0.2) is 61.2 Å². The van der Waals surface area contributed by atoms with E-state index < -0.39 is 23.7 Å². The van der Waals surface area contributed by atoms with Crippen LogP contribution < -0.4 is 5.32 Å². The molecule has 0 spiro atoms. The van der Waals surface area contributed by atoms with Gasteiger partial charge in [0, 0.05) is 11.8 Å². The summed E-state index contributed by atoms with van der Waals surface area (Å²) in [5.41, 5.74) is -0.107. The minimum absolute atomic E-state index is 0.00665. The Hall–Kier alpha value is -3.57. The fourth-order valence-corrected chi connectivity index (χ4v) is 3.65. The highest BCUT2D eigenvalue weighted by Crippen LogP contribution is 2.32. The van der Waals surface area contributed by atoms with Crippen molar-refractivity contribution in [3.63, 3.8) is 0 Å². The molecule has 48 heavy (non-hydrogen) atoms. The molecule has 0 saturated heterocycles. The number of nitrogens with one attached hydrogen (secondary N) is 1. The number of hydrogen-bond acceptors (Lipinski definition) is 12. The molecule has 0 atom stereocenters. The molecule has 0 heterocycles. The standard InChI is InChI=1S/C33H44F3NO11/c1-2-31(38)47-24-22-45-20-18-43-16-14-41-12-10-40-11-13-42-15-17-44-19-21-46-23-25-48-32(39)29-8-3-4-9-30(29)37-28-7-5-6-27(26-28)33(34,35)36/h2-9,26,37H,1,10-25H2. The summed E-state index contributed by atoms with van der Waals surface area (Å²) in [6.07, 6.45) is -3.38. The van der Waals surface area contributed by atoms with Gasteiger partial charge in [-0.3, -0.25) is 0 Å². The van der Waals surface area contributed by atoms with Gasteiger partial charge in [-0.25, -0.2) is 9.59 Å². The number of para-hydroxylation sites is 1. The number of esters is 2. The second-order valence-electron chi connectivity index (χ2n) is 9.54. The molecule has 2 aromatic rings. The molecule has 2 aromatic carbocycles. The number of hydrogen-bond donors (Lipinski definition) is 1. The van der Waals surface area contributed by atoms with Crippen molar-refractivity contribution in [3.05, 3.63) is 72.3 Å². The van der Waals surface area contributed by atoms with Gasteiger partial charge in [-0.1, -0.05) is 24.8 Å². The molecule has 0 unspecified atom stereocenters. The number of anilines is 2. The summed E-state index contributed by atoms with van der Waals surface area (Å²) in [6, 6.07) is 11.1. The van der Waals surface area contributed by atoms with Gasteiger partial charge in [-0.2, -0.15) is 13.2 Å². The van der Waals surface area contributed by atoms with Gasteiger partial charge in [0.05, 0.1) is 109 Å². The van der Waals surface area contributed by atoms with Crippen LogP contribution in [0.2, 0.25) is 0 Å². The quantitative estimate of drug-likeness (QED) is 0.0771. The first-order valence-electron chi connectivity index (χ1n) is 15.3. The third kappa shape index (κ3) is 19.3. The molecule has 0 bridgehead atoms. The predicted molar refractivity (Wildman–Crippen MR) is 168 cm³/mol. The number of benzene rings is 2. The number of halogens is 3. The monoisotopic (exact) mass is 687 g/mol. The minimum atomic E-state index is -4.48. The molecule has 0 amide bonds. The van der Waals surface area contributed by atoms with Crippen LogP contribution in [0.5, 0.6) is 0 Å². The van der Waals surface area contributed by atoms with Crippen LogP contribution in [0.25, 0.3) is 0 Å². The Labute approximate surface area is 278 Å². The van der Waals surface area contributed by atoms with Crippen molar-refractivity contribution in [2.75, 3.05) is 111 Å². The molecule has 0 aliphatic carbocycles. The Bertz CT molecular complexity index is 1180. The van der Waals surface area contributed by atoms with Gasteiger partial charge in [0.2, 0.25) is 0 Å². The smallest absolute Gasteiger partial charge is 0.416 e. The van der Waals surface area contributed by atoms with E-state index in [0.29, 0.717) is 91.6 Å². The lowest BCUT2D eigenvalue weighted by Gasteiger charge is -2.13. The van der Waals surface area contributed by atoms with Gasteiger partial charge in [0.25, 0.3) is 0 Å². The van der Waals surface area contributed by atoms with Gasteiger partial charge in [0.1, 0.15) is 13.2 Å². The van der Waals surface area contributed by atoms with Crippen LogP contribution in [0.4, 0.5) is 24.5 Å². The molecule has 1 N–H and O–H groups in total. The number of carbonyl (C=O) groups excluding carboxylic acids is 2. The van der Waals surface area contributed by atoms with E-state index in [2.05, 4.69) is 11.9 Å². The van der Waals surface area contributed by atoms with Crippen LogP contribution in [-0.4, -0.2) is 118 Å². The zero-order valence-corrected chi connectivity index (χ0v) is 26.8. The van der Waals surface area contributed by atoms with E-state index in [0.717, 1.165) is 18.2 Å². The van der Waals surface area contributed by atoms with Crippen molar-refractivity contribution in [2.45, 2.75) is 6.18 Å². The fraction of sp³-hybridized carbons (Fsp3) is 0.515. The van der Waals surface area contributed by atoms with Crippen molar-refractivity contribution in [1.29, 1.82) is 0 Å². The molecular weight excluding hydrogens is 643 g/mol. The number of alkyl halides is 3. The number of ether oxygens (including phenoxy) is 9. The lowest BCUT2D eigenvalue weighted by atomic mass is 10.1. The highest BCUT2D eigenvalue weighted by Gasteiger charge is 2.30. The van der Waals surface area contributed by atoms with Crippen LogP contribution in [0.3, 0.4) is 0 Å². The van der Waals surface area contributed by atoms with E-state index in [9.17, 15) is 22.8 Å². The Kier molecular flexibility index (Phi) is 21.5. The second-order valence-corrected chi connectivity index (χ2v) is 9.54. The average Bonchev–Trinajstić information content (AvgIpc) is 3.08. The summed E-state index contributed by atoms with van der Waals surface area (Å²) in [6.45, 7) is 8.70. The second kappa shape index (κ2) is 25.4. The number of rotatable bonds is 28. The molecule has 12 nitrogen and oxygen atoms in total. The molecule has 268 valence electrons. The van der Waals surface area contributed by atoms with Crippen molar-refractivity contribution >= 4 is 23.3 Å². The maximum absolute atomic E-state index is 13.0. The highest BCUT2D eigenvalue weighted by molar-refractivity contribution is 5.96. The predicted octanol–water partition coefficient (Wildman–Crippen LogP) is 4.45. The molecule has 0 aromatic heterocycles.